The maximum atomic E-state index is 11.0. The van der Waals surface area contributed by atoms with Gasteiger partial charge >= 0.3 is 0 Å². The first-order valence-corrected chi connectivity index (χ1v) is 9.99. The quantitative estimate of drug-likeness (QED) is 0.156. The van der Waals surface area contributed by atoms with Crippen LogP contribution >= 0.6 is 0 Å². The number of ether oxygens (including phenoxy) is 1. The maximum Gasteiger partial charge on any atom is 0.224 e. The van der Waals surface area contributed by atoms with E-state index in [0.29, 0.717) is 36.7 Å². The number of hydrogen-bond donors (Lipinski definition) is 3. The number of nitroso groups, excluding NO2 is 1. The van der Waals surface area contributed by atoms with Gasteiger partial charge in [-0.25, -0.2) is 9.92 Å². The number of oxime groups is 2. The molecule has 12 nitrogen and oxygen atoms in total. The minimum absolute atomic E-state index is 0.0956. The fraction of sp³-hybridized carbons (Fsp3) is 0.632. The Hall–Kier alpha value is -3.33. The van der Waals surface area contributed by atoms with Crippen LogP contribution in [0.15, 0.2) is 21.7 Å². The molecule has 2 rings (SSSR count). The lowest BCUT2D eigenvalue weighted by Gasteiger charge is -2.39. The summed E-state index contributed by atoms with van der Waals surface area (Å²) in [5.41, 5.74) is 5.64. The molecule has 1 fully saturated rings. The molecule has 2 atom stereocenters. The van der Waals surface area contributed by atoms with Crippen LogP contribution in [0.5, 0.6) is 0 Å². The summed E-state index contributed by atoms with van der Waals surface area (Å²) in [5, 5.41) is 26.3. The summed E-state index contributed by atoms with van der Waals surface area (Å²) >= 11 is 0. The molecule has 1 heterocycles. The molecule has 0 spiro atoms. The van der Waals surface area contributed by atoms with E-state index in [-0.39, 0.29) is 29.9 Å². The van der Waals surface area contributed by atoms with Crippen LogP contribution in [0.4, 0.5) is 11.8 Å². The average Bonchev–Trinajstić information content (AvgIpc) is 2.73. The molecule has 0 amide bonds. The normalized spacial score (nSPS) is 20.8. The van der Waals surface area contributed by atoms with Crippen LogP contribution in [0.3, 0.4) is 0 Å². The van der Waals surface area contributed by atoms with Crippen molar-refractivity contribution in [2.45, 2.75) is 51.6 Å². The van der Waals surface area contributed by atoms with E-state index in [9.17, 15) is 10.2 Å². The molecule has 0 aliphatic heterocycles. The Morgan fingerprint density at radius 2 is 2.29 bits per heavy atom. The first-order chi connectivity index (χ1) is 14.9. The number of aromatic nitrogens is 2. The van der Waals surface area contributed by atoms with Crippen LogP contribution in [-0.2, 0) is 9.68 Å². The van der Waals surface area contributed by atoms with Crippen molar-refractivity contribution in [3.8, 4) is 6.07 Å². The molecule has 1 aromatic heterocycles. The fourth-order valence-corrected chi connectivity index (χ4v) is 3.38. The largest absolute Gasteiger partial charge is 0.382 e. The Morgan fingerprint density at radius 1 is 1.48 bits per heavy atom. The highest BCUT2D eigenvalue weighted by atomic mass is 16.8. The van der Waals surface area contributed by atoms with Crippen molar-refractivity contribution in [2.75, 3.05) is 30.9 Å². The summed E-state index contributed by atoms with van der Waals surface area (Å²) in [5.74, 6) is 1.04. The molecule has 1 aliphatic rings. The second-order valence-electron chi connectivity index (χ2n) is 7.90. The van der Waals surface area contributed by atoms with Gasteiger partial charge < -0.3 is 21.1 Å². The third kappa shape index (κ3) is 7.45. The fourth-order valence-electron chi connectivity index (χ4n) is 3.38. The van der Waals surface area contributed by atoms with Gasteiger partial charge in [0.25, 0.3) is 0 Å². The van der Waals surface area contributed by atoms with E-state index in [0.717, 1.165) is 12.8 Å². The van der Waals surface area contributed by atoms with Crippen molar-refractivity contribution in [3.05, 3.63) is 16.7 Å². The van der Waals surface area contributed by atoms with E-state index < -0.39 is 0 Å². The number of amidine groups is 1. The molecule has 1 aliphatic carbocycles. The summed E-state index contributed by atoms with van der Waals surface area (Å²) < 4.78 is 4.79. The van der Waals surface area contributed by atoms with Gasteiger partial charge in [-0.1, -0.05) is 24.2 Å². The predicted molar refractivity (Wildman–Crippen MR) is 118 cm³/mol. The highest BCUT2D eigenvalue weighted by Gasteiger charge is 2.38. The number of methoxy groups -OCH3 is 1. The van der Waals surface area contributed by atoms with Gasteiger partial charge in [-0.15, -0.1) is 0 Å². The van der Waals surface area contributed by atoms with Crippen LogP contribution in [0, 0.1) is 21.7 Å². The van der Waals surface area contributed by atoms with E-state index in [1.54, 1.807) is 0 Å². The summed E-state index contributed by atoms with van der Waals surface area (Å²) in [6.07, 6.45) is 5.78. The van der Waals surface area contributed by atoms with Crippen LogP contribution in [-0.4, -0.2) is 54.4 Å². The van der Waals surface area contributed by atoms with Gasteiger partial charge in [0.05, 0.1) is 12.2 Å². The number of nitriles is 1. The molecular formula is C19H29N9O3. The van der Waals surface area contributed by atoms with E-state index in [1.165, 1.54) is 19.5 Å². The summed E-state index contributed by atoms with van der Waals surface area (Å²) in [4.78, 5) is 24.3. The summed E-state index contributed by atoms with van der Waals surface area (Å²) in [6.45, 7) is 4.73. The summed E-state index contributed by atoms with van der Waals surface area (Å²) in [6, 6.07) is 2.01. The zero-order valence-electron chi connectivity index (χ0n) is 18.0. The van der Waals surface area contributed by atoms with Crippen molar-refractivity contribution in [2.24, 2.45) is 26.6 Å². The minimum atomic E-state index is -0.210. The van der Waals surface area contributed by atoms with E-state index in [4.69, 9.17) is 10.5 Å². The van der Waals surface area contributed by atoms with Crippen LogP contribution in [0.2, 0.25) is 0 Å². The van der Waals surface area contributed by atoms with Crippen LogP contribution in [0.25, 0.3) is 0 Å². The molecule has 168 valence electrons. The molecule has 4 N–H and O–H groups in total. The molecule has 2 unspecified atom stereocenters. The van der Waals surface area contributed by atoms with Gasteiger partial charge in [0, 0.05) is 32.3 Å². The average molecular weight is 432 g/mol. The first kappa shape index (κ1) is 23.9. The topological polar surface area (TPSA) is 172 Å². The van der Waals surface area contributed by atoms with Crippen LogP contribution < -0.4 is 16.4 Å². The zero-order valence-corrected chi connectivity index (χ0v) is 18.0. The highest BCUT2D eigenvalue weighted by Crippen LogP contribution is 2.38. The molecule has 0 bridgehead atoms. The monoisotopic (exact) mass is 431 g/mol. The third-order valence-corrected chi connectivity index (χ3v) is 4.97. The Labute approximate surface area is 181 Å². The third-order valence-electron chi connectivity index (χ3n) is 4.97. The lowest BCUT2D eigenvalue weighted by atomic mass is 9.71. The second-order valence-corrected chi connectivity index (χ2v) is 7.90. The molecule has 31 heavy (non-hydrogen) atoms. The Morgan fingerprint density at radius 3 is 2.97 bits per heavy atom. The van der Waals surface area contributed by atoms with Gasteiger partial charge in [0.2, 0.25) is 5.95 Å². The summed E-state index contributed by atoms with van der Waals surface area (Å²) in [7, 11) is 1.50. The Balaban J connectivity index is 1.89. The number of anilines is 2. The zero-order chi connectivity index (χ0) is 22.7. The predicted octanol–water partition coefficient (Wildman–Crippen LogP) is 2.20. The van der Waals surface area contributed by atoms with Crippen molar-refractivity contribution < 1.29 is 9.68 Å². The van der Waals surface area contributed by atoms with Crippen molar-refractivity contribution in [1.29, 1.82) is 5.26 Å². The maximum absolute atomic E-state index is 11.0. The Kier molecular flexibility index (Phi) is 9.08. The molecular weight excluding hydrogens is 402 g/mol. The van der Waals surface area contributed by atoms with Crippen LogP contribution in [0.1, 0.15) is 45.1 Å². The number of rotatable bonds is 11. The number of nitrogens with one attached hydrogen (secondary N) is 2. The number of nitrogens with zero attached hydrogens (tertiary/aromatic N) is 6. The van der Waals surface area contributed by atoms with Gasteiger partial charge in [0.15, 0.2) is 5.84 Å². The lowest BCUT2D eigenvalue weighted by molar-refractivity contribution is 0.151. The van der Waals surface area contributed by atoms with Gasteiger partial charge in [-0.3, -0.25) is 0 Å². The number of nitrogens with two attached hydrogens (primary N) is 1. The van der Waals surface area contributed by atoms with Crippen molar-refractivity contribution >= 4 is 23.8 Å². The second kappa shape index (κ2) is 11.8. The smallest absolute Gasteiger partial charge is 0.224 e. The lowest BCUT2D eigenvalue weighted by Crippen LogP contribution is -2.40. The van der Waals surface area contributed by atoms with Crippen molar-refractivity contribution in [1.82, 2.24) is 9.97 Å². The molecule has 1 aromatic rings. The minimum Gasteiger partial charge on any atom is -0.382 e. The molecule has 0 radical (unpaired) electrons. The first-order valence-electron chi connectivity index (χ1n) is 9.99. The van der Waals surface area contributed by atoms with E-state index >= 15 is 0 Å². The highest BCUT2D eigenvalue weighted by molar-refractivity contribution is 5.80. The van der Waals surface area contributed by atoms with E-state index in [2.05, 4.69) is 47.1 Å². The number of hydrogen-bond acceptors (Lipinski definition) is 11. The standard InChI is InChI=1S/C19H29N9O3/c1-19(2)9-14(5-6-15(19)27-29)25-17-13(10-20)11-23-18(26-17)22-7-4-8-24-31-28-16(21)12-30-3/h8,11,14-15H,4-7,9,12H2,1-3H3,(H2,21,28)(H2,22,23,25,26). The molecule has 0 aromatic carbocycles. The molecule has 0 saturated heterocycles. The SMILES string of the molecule is COC/C(N)=N/ON=CCCNc1ncc(C#N)c(NC2CCC(N=O)C(C)(C)C2)n1. The van der Waals surface area contributed by atoms with Gasteiger partial charge in [-0.2, -0.15) is 15.2 Å². The molecule has 12 heteroatoms. The Bertz CT molecular complexity index is 835. The van der Waals surface area contributed by atoms with E-state index in [1.807, 2.05) is 13.8 Å². The van der Waals surface area contributed by atoms with Gasteiger partial charge in [-0.05, 0) is 29.8 Å². The van der Waals surface area contributed by atoms with Crippen molar-refractivity contribution in [3.63, 3.8) is 0 Å². The van der Waals surface area contributed by atoms with Gasteiger partial charge in [0.1, 0.15) is 24.1 Å². The molecule has 1 saturated carbocycles.